The van der Waals surface area contributed by atoms with Gasteiger partial charge < -0.3 is 9.47 Å². The van der Waals surface area contributed by atoms with E-state index in [1.165, 1.54) is 11.3 Å². The smallest absolute Gasteiger partial charge is 0.244 e. The maximum Gasteiger partial charge on any atom is 0.244 e. The minimum Gasteiger partial charge on any atom is -0.345 e. The Morgan fingerprint density at radius 1 is 1.10 bits per heavy atom. The van der Waals surface area contributed by atoms with E-state index in [4.69, 9.17) is 4.98 Å². The average Bonchev–Trinajstić information content (AvgIpc) is 3.34. The molecule has 2 aromatic heterocycles. The van der Waals surface area contributed by atoms with Gasteiger partial charge in [0.25, 0.3) is 0 Å². The summed E-state index contributed by atoms with van der Waals surface area (Å²) < 4.78 is 30.2. The predicted molar refractivity (Wildman–Crippen MR) is 118 cm³/mol. The number of aromatic nitrogens is 2. The van der Waals surface area contributed by atoms with Gasteiger partial charge in [0.15, 0.2) is 0 Å². The van der Waals surface area contributed by atoms with Crippen LogP contribution in [0.1, 0.15) is 12.6 Å². The van der Waals surface area contributed by atoms with Crippen LogP contribution in [0.5, 0.6) is 0 Å². The molecule has 8 heteroatoms. The largest absolute Gasteiger partial charge is 0.345 e. The first-order valence-electron chi connectivity index (χ1n) is 9.82. The lowest BCUT2D eigenvalue weighted by atomic mass is 10.2. The number of nitrogens with zero attached hydrogens (tertiary/aromatic N) is 4. The Balaban J connectivity index is 1.65. The van der Waals surface area contributed by atoms with Crippen molar-refractivity contribution in [1.29, 1.82) is 0 Å². The Morgan fingerprint density at radius 3 is 2.45 bits per heavy atom. The third kappa shape index (κ3) is 3.77. The van der Waals surface area contributed by atoms with Crippen LogP contribution in [0.4, 0.5) is 0 Å². The zero-order valence-electron chi connectivity index (χ0n) is 17.0. The number of thiazole rings is 1. The maximum atomic E-state index is 13.3. The van der Waals surface area contributed by atoms with E-state index in [1.807, 2.05) is 54.3 Å². The molecule has 0 aliphatic carbocycles. The summed E-state index contributed by atoms with van der Waals surface area (Å²) in [5, 5.41) is 2.84. The number of benzene rings is 1. The summed E-state index contributed by atoms with van der Waals surface area (Å²) in [6.45, 7) is 7.56. The Labute approximate surface area is 176 Å². The number of piperazine rings is 1. The minimum absolute atomic E-state index is 0.386. The Kier molecular flexibility index (Phi) is 5.61. The Bertz CT molecular complexity index is 1100. The van der Waals surface area contributed by atoms with Gasteiger partial charge in [-0.1, -0.05) is 37.3 Å². The fraction of sp³-hybridized carbons (Fsp3) is 0.381. The molecule has 0 saturated carbocycles. The van der Waals surface area contributed by atoms with Crippen molar-refractivity contribution in [1.82, 2.24) is 18.8 Å². The van der Waals surface area contributed by atoms with Crippen LogP contribution in [0.3, 0.4) is 0 Å². The standard InChI is InChI=1S/C21H26N4O2S2/c1-4-24-10-12-25(13-11-24)29(26,27)20-14-19(23(3)16(20)2)21-22-18(15-28-21)17-8-6-5-7-9-17/h5-9,14-15H,4,10-13H2,1-3H3. The summed E-state index contributed by atoms with van der Waals surface area (Å²) in [6.07, 6.45) is 0. The number of hydrogen-bond donors (Lipinski definition) is 0. The van der Waals surface area contributed by atoms with Crippen molar-refractivity contribution in [3.63, 3.8) is 0 Å². The molecule has 0 radical (unpaired) electrons. The lowest BCUT2D eigenvalue weighted by Gasteiger charge is -2.33. The molecule has 0 amide bonds. The van der Waals surface area contributed by atoms with Gasteiger partial charge in [0.05, 0.1) is 11.4 Å². The van der Waals surface area contributed by atoms with Crippen LogP contribution in [-0.2, 0) is 17.1 Å². The summed E-state index contributed by atoms with van der Waals surface area (Å²) in [7, 11) is -1.61. The summed E-state index contributed by atoms with van der Waals surface area (Å²) in [5.74, 6) is 0. The number of hydrogen-bond acceptors (Lipinski definition) is 5. The highest BCUT2D eigenvalue weighted by Gasteiger charge is 2.31. The molecule has 0 bridgehead atoms. The van der Waals surface area contributed by atoms with Crippen LogP contribution in [0, 0.1) is 6.92 Å². The first-order chi connectivity index (χ1) is 13.9. The van der Waals surface area contributed by atoms with Crippen molar-refractivity contribution in [3.05, 3.63) is 47.5 Å². The molecule has 4 rings (SSSR count). The normalized spacial score (nSPS) is 16.4. The highest BCUT2D eigenvalue weighted by Crippen LogP contribution is 2.33. The number of rotatable bonds is 5. The average molecular weight is 431 g/mol. The fourth-order valence-electron chi connectivity index (χ4n) is 3.70. The second-order valence-electron chi connectivity index (χ2n) is 7.28. The van der Waals surface area contributed by atoms with E-state index in [1.54, 1.807) is 10.4 Å². The molecule has 0 spiro atoms. The van der Waals surface area contributed by atoms with Gasteiger partial charge in [0.2, 0.25) is 10.0 Å². The van der Waals surface area contributed by atoms with Gasteiger partial charge in [-0.25, -0.2) is 13.4 Å². The molecule has 0 atom stereocenters. The topological polar surface area (TPSA) is 58.4 Å². The summed E-state index contributed by atoms with van der Waals surface area (Å²) in [5.41, 5.74) is 3.54. The van der Waals surface area contributed by atoms with E-state index in [-0.39, 0.29) is 0 Å². The van der Waals surface area contributed by atoms with Gasteiger partial charge in [0, 0.05) is 49.9 Å². The van der Waals surface area contributed by atoms with E-state index >= 15 is 0 Å². The third-order valence-corrected chi connectivity index (χ3v) is 8.56. The Morgan fingerprint density at radius 2 is 1.79 bits per heavy atom. The van der Waals surface area contributed by atoms with Gasteiger partial charge in [-0.3, -0.25) is 0 Å². The predicted octanol–water partition coefficient (Wildman–Crippen LogP) is 3.45. The molecule has 1 fully saturated rings. The molecular weight excluding hydrogens is 404 g/mol. The molecule has 0 N–H and O–H groups in total. The lowest BCUT2D eigenvalue weighted by molar-refractivity contribution is 0.196. The van der Waals surface area contributed by atoms with Crippen LogP contribution >= 0.6 is 11.3 Å². The zero-order chi connectivity index (χ0) is 20.6. The highest BCUT2D eigenvalue weighted by molar-refractivity contribution is 7.89. The molecule has 154 valence electrons. The van der Waals surface area contributed by atoms with Crippen LogP contribution < -0.4 is 0 Å². The molecule has 3 aromatic rings. The minimum atomic E-state index is -3.52. The van der Waals surface area contributed by atoms with Gasteiger partial charge >= 0.3 is 0 Å². The summed E-state index contributed by atoms with van der Waals surface area (Å²) in [4.78, 5) is 7.42. The molecule has 1 aliphatic rings. The molecule has 3 heterocycles. The van der Waals surface area contributed by atoms with E-state index in [0.717, 1.165) is 47.3 Å². The lowest BCUT2D eigenvalue weighted by Crippen LogP contribution is -2.48. The van der Waals surface area contributed by atoms with E-state index in [2.05, 4.69) is 11.8 Å². The molecule has 0 unspecified atom stereocenters. The van der Waals surface area contributed by atoms with Crippen molar-refractivity contribution in [2.75, 3.05) is 32.7 Å². The first kappa shape index (κ1) is 20.3. The van der Waals surface area contributed by atoms with Crippen LogP contribution in [0.25, 0.3) is 22.0 Å². The van der Waals surface area contributed by atoms with Crippen molar-refractivity contribution < 1.29 is 8.42 Å². The number of likely N-dealkylation sites (N-methyl/N-ethyl adjacent to an activating group) is 1. The fourth-order valence-corrected chi connectivity index (χ4v) is 6.27. The molecule has 1 saturated heterocycles. The van der Waals surface area contributed by atoms with E-state index in [0.29, 0.717) is 18.0 Å². The van der Waals surface area contributed by atoms with Gasteiger partial charge in [-0.05, 0) is 19.5 Å². The van der Waals surface area contributed by atoms with E-state index < -0.39 is 10.0 Å². The molecule has 6 nitrogen and oxygen atoms in total. The summed E-state index contributed by atoms with van der Waals surface area (Å²) in [6, 6.07) is 11.8. The van der Waals surface area contributed by atoms with Gasteiger partial charge in [-0.2, -0.15) is 4.31 Å². The molecule has 1 aromatic carbocycles. The van der Waals surface area contributed by atoms with E-state index in [9.17, 15) is 8.42 Å². The molecule has 1 aliphatic heterocycles. The van der Waals surface area contributed by atoms with Crippen molar-refractivity contribution in [3.8, 4) is 22.0 Å². The second kappa shape index (κ2) is 8.02. The number of sulfonamides is 1. The zero-order valence-corrected chi connectivity index (χ0v) is 18.6. The maximum absolute atomic E-state index is 13.3. The van der Waals surface area contributed by atoms with Crippen molar-refractivity contribution in [2.45, 2.75) is 18.7 Å². The summed E-state index contributed by atoms with van der Waals surface area (Å²) >= 11 is 1.54. The van der Waals surface area contributed by atoms with Crippen molar-refractivity contribution >= 4 is 21.4 Å². The highest BCUT2D eigenvalue weighted by atomic mass is 32.2. The molecule has 29 heavy (non-hydrogen) atoms. The Hall–Kier alpha value is -2.00. The van der Waals surface area contributed by atoms with Crippen molar-refractivity contribution in [2.24, 2.45) is 7.05 Å². The molecular formula is C21H26N4O2S2. The van der Waals surface area contributed by atoms with Crippen LogP contribution in [0.15, 0.2) is 46.7 Å². The SMILES string of the molecule is CCN1CCN(S(=O)(=O)c2cc(-c3nc(-c4ccccc4)cs3)n(C)c2C)CC1. The van der Waals surface area contributed by atoms with Gasteiger partial charge in [0.1, 0.15) is 9.90 Å². The quantitative estimate of drug-likeness (QED) is 0.622. The van der Waals surface area contributed by atoms with Crippen LogP contribution in [-0.4, -0.2) is 59.9 Å². The third-order valence-electron chi connectivity index (χ3n) is 5.68. The first-order valence-corrected chi connectivity index (χ1v) is 12.1. The van der Waals surface area contributed by atoms with Gasteiger partial charge in [-0.15, -0.1) is 11.3 Å². The van der Waals surface area contributed by atoms with Crippen LogP contribution in [0.2, 0.25) is 0 Å². The monoisotopic (exact) mass is 430 g/mol. The second-order valence-corrected chi connectivity index (χ2v) is 10.0.